The maximum Gasteiger partial charge on any atom is 0.274 e. The van der Waals surface area contributed by atoms with Crippen molar-refractivity contribution < 1.29 is 9.21 Å². The summed E-state index contributed by atoms with van der Waals surface area (Å²) < 4.78 is 7.01. The van der Waals surface area contributed by atoms with E-state index in [1.807, 2.05) is 36.4 Å². The highest BCUT2D eigenvalue weighted by molar-refractivity contribution is 5.93. The average molecular weight is 308 g/mol. The maximum absolute atomic E-state index is 12.5. The zero-order chi connectivity index (χ0) is 15.6. The van der Waals surface area contributed by atoms with E-state index >= 15 is 0 Å². The second-order valence-electron chi connectivity index (χ2n) is 5.61. The van der Waals surface area contributed by atoms with Crippen molar-refractivity contribution in [2.45, 2.75) is 25.3 Å². The number of aromatic nitrogens is 3. The first-order valence-corrected chi connectivity index (χ1v) is 7.64. The molecule has 4 rings (SSSR count). The number of carbonyl (C=O) groups is 1. The van der Waals surface area contributed by atoms with Crippen LogP contribution in [0.3, 0.4) is 0 Å². The van der Waals surface area contributed by atoms with Gasteiger partial charge in [0.15, 0.2) is 5.69 Å². The summed E-state index contributed by atoms with van der Waals surface area (Å²) in [5.74, 6) is 0.849. The van der Waals surface area contributed by atoms with Crippen molar-refractivity contribution in [2.75, 3.05) is 0 Å². The number of nitrogens with one attached hydrogen (secondary N) is 1. The molecule has 2 heterocycles. The highest BCUT2D eigenvalue weighted by Crippen LogP contribution is 2.41. The Morgan fingerprint density at radius 3 is 2.74 bits per heavy atom. The van der Waals surface area contributed by atoms with Gasteiger partial charge in [0.05, 0.1) is 24.2 Å². The van der Waals surface area contributed by atoms with Crippen LogP contribution in [0, 0.1) is 0 Å². The van der Waals surface area contributed by atoms with Gasteiger partial charge in [-0.1, -0.05) is 23.4 Å². The number of nitrogens with zero attached hydrogens (tertiary/aromatic N) is 3. The molecule has 23 heavy (non-hydrogen) atoms. The van der Waals surface area contributed by atoms with E-state index in [0.29, 0.717) is 23.9 Å². The molecule has 1 aliphatic carbocycles. The first-order chi connectivity index (χ1) is 11.3. The molecule has 3 aromatic rings. The van der Waals surface area contributed by atoms with Crippen molar-refractivity contribution in [1.82, 2.24) is 20.3 Å². The molecule has 1 aromatic carbocycles. The molecule has 0 radical (unpaired) electrons. The minimum absolute atomic E-state index is 0.217. The third-order valence-corrected chi connectivity index (χ3v) is 3.89. The van der Waals surface area contributed by atoms with Crippen molar-refractivity contribution in [2.24, 2.45) is 0 Å². The van der Waals surface area contributed by atoms with Crippen LogP contribution in [0.1, 0.15) is 40.7 Å². The Bertz CT molecular complexity index is 805. The van der Waals surface area contributed by atoms with Crippen LogP contribution in [0.4, 0.5) is 0 Å². The summed E-state index contributed by atoms with van der Waals surface area (Å²) in [4.78, 5) is 12.5. The molecule has 0 aliphatic heterocycles. The summed E-state index contributed by atoms with van der Waals surface area (Å²) in [6.07, 6.45) is 3.72. The van der Waals surface area contributed by atoms with Crippen molar-refractivity contribution in [1.29, 1.82) is 0 Å². The van der Waals surface area contributed by atoms with Crippen LogP contribution < -0.4 is 5.32 Å². The zero-order valence-electron chi connectivity index (χ0n) is 12.5. The van der Waals surface area contributed by atoms with E-state index in [2.05, 4.69) is 15.6 Å². The summed E-state index contributed by atoms with van der Waals surface area (Å²) in [5.41, 5.74) is 2.23. The number of furan rings is 1. The van der Waals surface area contributed by atoms with E-state index in [-0.39, 0.29) is 5.91 Å². The fourth-order valence-electron chi connectivity index (χ4n) is 2.60. The third kappa shape index (κ3) is 2.75. The van der Waals surface area contributed by atoms with Crippen LogP contribution in [0.15, 0.2) is 53.1 Å². The topological polar surface area (TPSA) is 73.0 Å². The lowest BCUT2D eigenvalue weighted by molar-refractivity contribution is 0.0942. The average Bonchev–Trinajstić information content (AvgIpc) is 3.12. The van der Waals surface area contributed by atoms with Gasteiger partial charge in [0.25, 0.3) is 5.91 Å². The lowest BCUT2D eigenvalue weighted by atomic mass is 10.2. The monoisotopic (exact) mass is 308 g/mol. The maximum atomic E-state index is 12.5. The van der Waals surface area contributed by atoms with Crippen molar-refractivity contribution in [3.8, 4) is 5.69 Å². The molecule has 1 saturated carbocycles. The molecule has 0 unspecified atom stereocenters. The van der Waals surface area contributed by atoms with E-state index in [4.69, 9.17) is 4.42 Å². The largest absolute Gasteiger partial charge is 0.467 e. The van der Waals surface area contributed by atoms with E-state index in [9.17, 15) is 4.79 Å². The van der Waals surface area contributed by atoms with Crippen LogP contribution in [0.25, 0.3) is 5.69 Å². The van der Waals surface area contributed by atoms with Gasteiger partial charge in [0, 0.05) is 5.92 Å². The third-order valence-electron chi connectivity index (χ3n) is 3.89. The second-order valence-corrected chi connectivity index (χ2v) is 5.61. The number of rotatable bonds is 5. The predicted molar refractivity (Wildman–Crippen MR) is 83.2 cm³/mol. The van der Waals surface area contributed by atoms with E-state index in [0.717, 1.165) is 24.2 Å². The number of benzene rings is 1. The van der Waals surface area contributed by atoms with Crippen LogP contribution in [0.2, 0.25) is 0 Å². The number of amides is 1. The standard InChI is InChI=1S/C17H16N4O2/c22-17(18-11-14-7-4-10-23-14)15-16(12-8-9-12)21(20-19-15)13-5-2-1-3-6-13/h1-7,10,12H,8-9,11H2,(H,18,22). The second kappa shape index (κ2) is 5.72. The van der Waals surface area contributed by atoms with Crippen LogP contribution in [0.5, 0.6) is 0 Å². The van der Waals surface area contributed by atoms with Crippen molar-refractivity contribution >= 4 is 5.91 Å². The normalized spacial score (nSPS) is 13.9. The molecule has 1 fully saturated rings. The molecular weight excluding hydrogens is 292 g/mol. The van der Waals surface area contributed by atoms with Crippen LogP contribution >= 0.6 is 0 Å². The minimum Gasteiger partial charge on any atom is -0.467 e. The quantitative estimate of drug-likeness (QED) is 0.786. The van der Waals surface area contributed by atoms with E-state index in [1.54, 1.807) is 17.0 Å². The lowest BCUT2D eigenvalue weighted by Crippen LogP contribution is -2.24. The highest BCUT2D eigenvalue weighted by Gasteiger charge is 2.34. The van der Waals surface area contributed by atoms with Gasteiger partial charge < -0.3 is 9.73 Å². The molecule has 2 aromatic heterocycles. The molecule has 0 atom stereocenters. The Labute approximate surface area is 133 Å². The molecule has 116 valence electrons. The summed E-state index contributed by atoms with van der Waals surface area (Å²) in [6.45, 7) is 0.341. The Kier molecular flexibility index (Phi) is 3.42. The fourth-order valence-corrected chi connectivity index (χ4v) is 2.60. The lowest BCUT2D eigenvalue weighted by Gasteiger charge is -2.07. The molecule has 0 spiro atoms. The Morgan fingerprint density at radius 1 is 1.22 bits per heavy atom. The van der Waals surface area contributed by atoms with Crippen LogP contribution in [-0.4, -0.2) is 20.9 Å². The van der Waals surface area contributed by atoms with Crippen LogP contribution in [-0.2, 0) is 6.54 Å². The highest BCUT2D eigenvalue weighted by atomic mass is 16.3. The Morgan fingerprint density at radius 2 is 2.04 bits per heavy atom. The van der Waals surface area contributed by atoms with Gasteiger partial charge in [-0.3, -0.25) is 4.79 Å². The number of carbonyl (C=O) groups excluding carboxylic acids is 1. The minimum atomic E-state index is -0.217. The van der Waals surface area contributed by atoms with Gasteiger partial charge in [-0.2, -0.15) is 0 Å². The Balaban J connectivity index is 1.61. The Hall–Kier alpha value is -2.89. The first-order valence-electron chi connectivity index (χ1n) is 7.64. The summed E-state index contributed by atoms with van der Waals surface area (Å²) in [5, 5.41) is 11.2. The molecule has 0 saturated heterocycles. The summed E-state index contributed by atoms with van der Waals surface area (Å²) in [7, 11) is 0. The zero-order valence-corrected chi connectivity index (χ0v) is 12.5. The smallest absolute Gasteiger partial charge is 0.274 e. The van der Waals surface area contributed by atoms with Gasteiger partial charge in [-0.25, -0.2) is 4.68 Å². The molecule has 6 nitrogen and oxygen atoms in total. The van der Waals surface area contributed by atoms with Gasteiger partial charge in [-0.05, 0) is 37.1 Å². The number of hydrogen-bond donors (Lipinski definition) is 1. The molecule has 1 amide bonds. The SMILES string of the molecule is O=C(NCc1ccco1)c1nnn(-c2ccccc2)c1C1CC1. The van der Waals surface area contributed by atoms with Crippen molar-refractivity contribution in [3.63, 3.8) is 0 Å². The predicted octanol–water partition coefficient (Wildman–Crippen LogP) is 2.67. The van der Waals surface area contributed by atoms with Gasteiger partial charge in [0.2, 0.25) is 0 Å². The van der Waals surface area contributed by atoms with Gasteiger partial charge in [-0.15, -0.1) is 5.10 Å². The molecular formula is C17H16N4O2. The number of hydrogen-bond acceptors (Lipinski definition) is 4. The van der Waals surface area contributed by atoms with E-state index in [1.165, 1.54) is 0 Å². The van der Waals surface area contributed by atoms with Crippen molar-refractivity contribution in [3.05, 3.63) is 65.9 Å². The molecule has 6 heteroatoms. The van der Waals surface area contributed by atoms with E-state index < -0.39 is 0 Å². The number of para-hydroxylation sites is 1. The summed E-state index contributed by atoms with van der Waals surface area (Å²) in [6, 6.07) is 13.4. The van der Waals surface area contributed by atoms with Gasteiger partial charge >= 0.3 is 0 Å². The molecule has 1 aliphatic rings. The fraction of sp³-hybridized carbons (Fsp3) is 0.235. The molecule has 1 N–H and O–H groups in total. The summed E-state index contributed by atoms with van der Waals surface area (Å²) >= 11 is 0. The molecule has 0 bridgehead atoms. The first kappa shape index (κ1) is 13.8. The van der Waals surface area contributed by atoms with Gasteiger partial charge in [0.1, 0.15) is 5.76 Å².